The van der Waals surface area contributed by atoms with Gasteiger partial charge in [-0.1, -0.05) is 91.5 Å². The van der Waals surface area contributed by atoms with Gasteiger partial charge >= 0.3 is 0 Å². The molecule has 4 nitrogen and oxygen atoms in total. The van der Waals surface area contributed by atoms with Crippen molar-refractivity contribution in [3.05, 3.63) is 193 Å². The zero-order valence-corrected chi connectivity index (χ0v) is 37.8. The van der Waals surface area contributed by atoms with E-state index in [2.05, 4.69) is 186 Å². The molecular weight excluding hydrogens is 857 g/mol. The predicted molar refractivity (Wildman–Crippen MR) is 288 cm³/mol. The fraction of sp³-hybridized carbons (Fsp3) is 0.0164. The monoisotopic (exact) mass is 892 g/mol. The minimum atomic E-state index is 0.823. The molecule has 0 unspecified atom stereocenters. The number of thiophene rings is 2. The number of benzene rings is 9. The first-order valence-corrected chi connectivity index (χ1v) is 24.2. The van der Waals surface area contributed by atoms with E-state index in [4.69, 9.17) is 8.83 Å². The normalized spacial score (nSPS) is 12.6. The molecule has 0 atom stereocenters. The Hall–Kier alpha value is -8.16. The highest BCUT2D eigenvalue weighted by molar-refractivity contribution is 7.26. The van der Waals surface area contributed by atoms with Crippen molar-refractivity contribution < 1.29 is 8.83 Å². The first kappa shape index (κ1) is 37.1. The summed E-state index contributed by atoms with van der Waals surface area (Å²) < 4.78 is 21.4. The number of para-hydroxylation sites is 3. The van der Waals surface area contributed by atoms with E-state index in [1.165, 1.54) is 89.9 Å². The molecule has 0 bridgehead atoms. The van der Waals surface area contributed by atoms with Gasteiger partial charge in [0.15, 0.2) is 0 Å². The Labute approximate surface area is 390 Å². The molecule has 0 aliphatic carbocycles. The van der Waals surface area contributed by atoms with Crippen LogP contribution in [0.15, 0.2) is 191 Å². The summed E-state index contributed by atoms with van der Waals surface area (Å²) in [4.78, 5) is 1.22. The third-order valence-electron chi connectivity index (χ3n) is 14.0. The van der Waals surface area contributed by atoms with Gasteiger partial charge in [0.25, 0.3) is 0 Å². The zero-order valence-electron chi connectivity index (χ0n) is 36.1. The maximum Gasteiger partial charge on any atom is 0.139 e. The van der Waals surface area contributed by atoms with E-state index < -0.39 is 0 Å². The summed E-state index contributed by atoms with van der Waals surface area (Å²) in [6.45, 7) is 6.20. The van der Waals surface area contributed by atoms with Crippen LogP contribution in [-0.4, -0.2) is 9.13 Å². The molecule has 6 aromatic heterocycles. The van der Waals surface area contributed by atoms with Gasteiger partial charge in [0.2, 0.25) is 0 Å². The van der Waals surface area contributed by atoms with Crippen LogP contribution in [0.4, 0.5) is 0 Å². The molecule has 0 saturated carbocycles. The van der Waals surface area contributed by atoms with Crippen LogP contribution in [0.3, 0.4) is 0 Å². The molecule has 15 aromatic rings. The maximum atomic E-state index is 6.43. The van der Waals surface area contributed by atoms with Crippen molar-refractivity contribution in [2.45, 2.75) is 6.92 Å². The van der Waals surface area contributed by atoms with E-state index in [1.807, 2.05) is 46.9 Å². The molecule has 0 fully saturated rings. The molecule has 15 rings (SSSR count). The number of furan rings is 2. The summed E-state index contributed by atoms with van der Waals surface area (Å²) in [7, 11) is 0. The van der Waals surface area contributed by atoms with E-state index in [1.54, 1.807) is 0 Å². The molecule has 6 heterocycles. The van der Waals surface area contributed by atoms with Crippen molar-refractivity contribution in [2.24, 2.45) is 0 Å². The van der Waals surface area contributed by atoms with Crippen molar-refractivity contribution in [3.8, 4) is 22.5 Å². The van der Waals surface area contributed by atoms with Crippen LogP contribution >= 0.6 is 22.7 Å². The molecule has 0 N–H and O–H groups in total. The summed E-state index contributed by atoms with van der Waals surface area (Å²) in [6.07, 6.45) is 6.33. The molecule has 0 amide bonds. The van der Waals surface area contributed by atoms with Crippen LogP contribution in [0.25, 0.3) is 152 Å². The van der Waals surface area contributed by atoms with Crippen LogP contribution < -0.4 is 0 Å². The maximum absolute atomic E-state index is 6.43. The van der Waals surface area contributed by atoms with Gasteiger partial charge in [0, 0.05) is 95.7 Å². The lowest BCUT2D eigenvalue weighted by Gasteiger charge is -2.10. The van der Waals surface area contributed by atoms with Gasteiger partial charge in [-0.05, 0) is 121 Å². The quantitative estimate of drug-likeness (QED) is 0.173. The number of aromatic nitrogens is 2. The van der Waals surface area contributed by atoms with Gasteiger partial charge in [-0.25, -0.2) is 0 Å². The largest absolute Gasteiger partial charge is 0.456 e. The highest BCUT2D eigenvalue weighted by atomic mass is 32.1. The molecular formula is C61H36N2O2S2. The zero-order chi connectivity index (χ0) is 44.1. The van der Waals surface area contributed by atoms with Crippen LogP contribution in [-0.2, 0) is 0 Å². The van der Waals surface area contributed by atoms with Crippen LogP contribution in [0.2, 0.25) is 0 Å². The number of rotatable bonds is 5. The topological polar surface area (TPSA) is 36.1 Å². The summed E-state index contributed by atoms with van der Waals surface area (Å²) >= 11 is 3.69. The number of hydrogen-bond donors (Lipinski definition) is 0. The molecule has 6 heteroatoms. The van der Waals surface area contributed by atoms with Crippen molar-refractivity contribution in [2.75, 3.05) is 0 Å². The Balaban J connectivity index is 0.865. The van der Waals surface area contributed by atoms with Gasteiger partial charge in [-0.2, -0.15) is 0 Å². The molecule has 0 aliphatic heterocycles. The van der Waals surface area contributed by atoms with Gasteiger partial charge in [0.05, 0.1) is 22.1 Å². The second kappa shape index (κ2) is 13.7. The lowest BCUT2D eigenvalue weighted by atomic mass is 10.0. The van der Waals surface area contributed by atoms with Crippen LogP contribution in [0, 0.1) is 0 Å². The number of fused-ring (bicyclic) bond motifs is 16. The third-order valence-corrected chi connectivity index (χ3v) is 16.3. The lowest BCUT2D eigenvalue weighted by molar-refractivity contribution is 0.656. The van der Waals surface area contributed by atoms with Gasteiger partial charge in [-0.3, -0.25) is 0 Å². The average molecular weight is 893 g/mol. The van der Waals surface area contributed by atoms with E-state index in [-0.39, 0.29) is 0 Å². The molecule has 67 heavy (non-hydrogen) atoms. The smallest absolute Gasteiger partial charge is 0.139 e. The highest BCUT2D eigenvalue weighted by Crippen LogP contribution is 2.45. The van der Waals surface area contributed by atoms with Crippen molar-refractivity contribution in [3.63, 3.8) is 0 Å². The highest BCUT2D eigenvalue weighted by Gasteiger charge is 2.20. The molecule has 0 aliphatic rings. The number of allylic oxidation sites excluding steroid dienone is 1. The molecule has 0 spiro atoms. The molecule has 314 valence electrons. The summed E-state index contributed by atoms with van der Waals surface area (Å²) in [5, 5.41) is 13.2. The molecule has 0 saturated heterocycles. The van der Waals surface area contributed by atoms with Gasteiger partial charge in [-0.15, -0.1) is 22.7 Å². The molecule has 9 aromatic carbocycles. The second-order valence-electron chi connectivity index (χ2n) is 17.6. The predicted octanol–water partition coefficient (Wildman–Crippen LogP) is 18.6. The standard InChI is InChI=1S/C61H36N2O2S2/c1-3-11-41-48-31-49-47-29-37(21-25-59(47)67-61(49)33-60(48)66-58(41)4-2)63-51-16-9-6-13-39(51)43-27-35(19-23-53(43)63)34-18-22-52-42(26-34)38-12-5-8-15-50(38)62(52)36-20-24-55-44(28-36)46-30-45-40-14-7-10-17-54(40)64-56(45)32-57(46)65-55/h3-33H,2H2,1H3/b11-3-. The van der Waals surface area contributed by atoms with E-state index in [0.717, 1.165) is 60.8 Å². The Kier molecular flexibility index (Phi) is 7.58. The average Bonchev–Trinajstić information content (AvgIpc) is 4.21. The SMILES string of the molecule is C=Cc1sc2cc3sc4ccc(-n5c6ccccc6c6cc(-c7ccc8c(c7)c7ccccc7n8-c7ccc8oc9cc%10oc%11ccccc%11c%10cc9c8c7)ccc65)cc4c3cc2c1/C=C\C. The van der Waals surface area contributed by atoms with Crippen molar-refractivity contribution in [1.82, 2.24) is 9.13 Å². The Morgan fingerprint density at radius 2 is 0.940 bits per heavy atom. The van der Waals surface area contributed by atoms with Crippen LogP contribution in [0.5, 0.6) is 0 Å². The first-order valence-electron chi connectivity index (χ1n) is 22.6. The lowest BCUT2D eigenvalue weighted by Crippen LogP contribution is -1.93. The summed E-state index contributed by atoms with van der Waals surface area (Å²) in [6, 6.07) is 62.3. The van der Waals surface area contributed by atoms with Crippen LogP contribution in [0.1, 0.15) is 17.4 Å². The van der Waals surface area contributed by atoms with Crippen molar-refractivity contribution >= 4 is 153 Å². The van der Waals surface area contributed by atoms with Gasteiger partial charge < -0.3 is 18.0 Å². The van der Waals surface area contributed by atoms with E-state index >= 15 is 0 Å². The van der Waals surface area contributed by atoms with Crippen molar-refractivity contribution in [1.29, 1.82) is 0 Å². The Morgan fingerprint density at radius 3 is 1.63 bits per heavy atom. The minimum absolute atomic E-state index is 0.823. The third kappa shape index (κ3) is 5.22. The van der Waals surface area contributed by atoms with Gasteiger partial charge in [0.1, 0.15) is 22.3 Å². The molecule has 0 radical (unpaired) electrons. The first-order chi connectivity index (χ1) is 33.1. The Morgan fingerprint density at radius 1 is 0.403 bits per heavy atom. The Bertz CT molecular complexity index is 4670. The fourth-order valence-corrected chi connectivity index (χ4v) is 13.3. The summed E-state index contributed by atoms with van der Waals surface area (Å²) in [5.41, 5.74) is 14.0. The fourth-order valence-electron chi connectivity index (χ4n) is 11.0. The second-order valence-corrected chi connectivity index (χ2v) is 19.8. The number of hydrogen-bond acceptors (Lipinski definition) is 4. The van der Waals surface area contributed by atoms with E-state index in [0.29, 0.717) is 0 Å². The summed E-state index contributed by atoms with van der Waals surface area (Å²) in [5.74, 6) is 0. The number of nitrogens with zero attached hydrogens (tertiary/aromatic N) is 2. The minimum Gasteiger partial charge on any atom is -0.456 e. The van der Waals surface area contributed by atoms with E-state index in [9.17, 15) is 0 Å².